The molecule has 0 radical (unpaired) electrons. The van der Waals surface area contributed by atoms with Gasteiger partial charge in [-0.25, -0.2) is 0 Å². The number of benzene rings is 1. The molecule has 23 heavy (non-hydrogen) atoms. The monoisotopic (exact) mass is 330 g/mol. The van der Waals surface area contributed by atoms with Crippen LogP contribution in [0.25, 0.3) is 0 Å². The van der Waals surface area contributed by atoms with Gasteiger partial charge in [-0.2, -0.15) is 0 Å². The van der Waals surface area contributed by atoms with E-state index in [-0.39, 0.29) is 17.9 Å². The maximum atomic E-state index is 12.5. The number of pyridine rings is 1. The summed E-state index contributed by atoms with van der Waals surface area (Å²) >= 11 is 5.91. The van der Waals surface area contributed by atoms with E-state index in [0.717, 1.165) is 17.0 Å². The SMILES string of the molecule is CC(CC(=O)N(C)C(C)Cc1ccc(Cl)cc1)c1cccnc1. The van der Waals surface area contributed by atoms with Crippen LogP contribution in [-0.2, 0) is 11.2 Å². The number of carbonyl (C=O) groups excluding carboxylic acids is 1. The summed E-state index contributed by atoms with van der Waals surface area (Å²) in [6, 6.07) is 11.9. The van der Waals surface area contributed by atoms with Gasteiger partial charge in [0, 0.05) is 36.9 Å². The minimum absolute atomic E-state index is 0.143. The predicted molar refractivity (Wildman–Crippen MR) is 94.7 cm³/mol. The lowest BCUT2D eigenvalue weighted by molar-refractivity contribution is -0.132. The molecule has 0 aliphatic carbocycles. The molecule has 2 unspecified atom stereocenters. The van der Waals surface area contributed by atoms with Crippen LogP contribution in [0.5, 0.6) is 0 Å². The van der Waals surface area contributed by atoms with Gasteiger partial charge in [0.2, 0.25) is 5.91 Å². The van der Waals surface area contributed by atoms with Crippen molar-refractivity contribution in [3.63, 3.8) is 0 Å². The summed E-state index contributed by atoms with van der Waals surface area (Å²) in [5.74, 6) is 0.323. The first-order valence-corrected chi connectivity index (χ1v) is 8.25. The van der Waals surface area contributed by atoms with Gasteiger partial charge in [0.25, 0.3) is 0 Å². The Morgan fingerprint density at radius 2 is 1.91 bits per heavy atom. The fourth-order valence-electron chi connectivity index (χ4n) is 2.54. The van der Waals surface area contributed by atoms with Crippen molar-refractivity contribution < 1.29 is 4.79 Å². The summed E-state index contributed by atoms with van der Waals surface area (Å²) in [6.45, 7) is 4.13. The highest BCUT2D eigenvalue weighted by molar-refractivity contribution is 6.30. The third-order valence-electron chi connectivity index (χ3n) is 4.23. The third-order valence-corrected chi connectivity index (χ3v) is 4.49. The van der Waals surface area contributed by atoms with Crippen molar-refractivity contribution in [2.24, 2.45) is 0 Å². The molecule has 0 saturated heterocycles. The lowest BCUT2D eigenvalue weighted by Gasteiger charge is -2.26. The quantitative estimate of drug-likeness (QED) is 0.790. The Labute approximate surface area is 143 Å². The molecule has 2 rings (SSSR count). The summed E-state index contributed by atoms with van der Waals surface area (Å²) in [5, 5.41) is 0.733. The Bertz CT molecular complexity index is 628. The van der Waals surface area contributed by atoms with Crippen LogP contribution in [0.2, 0.25) is 5.02 Å². The molecule has 1 aromatic heterocycles. The zero-order valence-corrected chi connectivity index (χ0v) is 14.6. The first kappa shape index (κ1) is 17.5. The zero-order chi connectivity index (χ0) is 16.8. The van der Waals surface area contributed by atoms with Gasteiger partial charge in [-0.15, -0.1) is 0 Å². The highest BCUT2D eigenvalue weighted by atomic mass is 35.5. The summed E-state index contributed by atoms with van der Waals surface area (Å²) < 4.78 is 0. The maximum Gasteiger partial charge on any atom is 0.223 e. The number of halogens is 1. The Kier molecular flexibility index (Phi) is 6.17. The molecule has 0 bridgehead atoms. The number of aromatic nitrogens is 1. The molecule has 1 aromatic carbocycles. The molecule has 0 spiro atoms. The average Bonchev–Trinajstić information content (AvgIpc) is 2.56. The van der Waals surface area contributed by atoms with E-state index in [1.807, 2.05) is 54.5 Å². The molecule has 0 saturated carbocycles. The first-order valence-electron chi connectivity index (χ1n) is 7.87. The fraction of sp³-hybridized carbons (Fsp3) is 0.368. The number of hydrogen-bond donors (Lipinski definition) is 0. The van der Waals surface area contributed by atoms with E-state index < -0.39 is 0 Å². The average molecular weight is 331 g/mol. The molecule has 3 nitrogen and oxygen atoms in total. The topological polar surface area (TPSA) is 33.2 Å². The van der Waals surface area contributed by atoms with E-state index in [0.29, 0.717) is 6.42 Å². The molecule has 122 valence electrons. The molecule has 0 fully saturated rings. The van der Waals surface area contributed by atoms with E-state index >= 15 is 0 Å². The molecule has 0 aliphatic heterocycles. The van der Waals surface area contributed by atoms with Crippen LogP contribution >= 0.6 is 11.6 Å². The van der Waals surface area contributed by atoms with Gasteiger partial charge >= 0.3 is 0 Å². The Morgan fingerprint density at radius 1 is 1.22 bits per heavy atom. The van der Waals surface area contributed by atoms with E-state index in [1.54, 1.807) is 6.20 Å². The molecule has 1 amide bonds. The molecule has 2 atom stereocenters. The zero-order valence-electron chi connectivity index (χ0n) is 13.9. The maximum absolute atomic E-state index is 12.5. The van der Waals surface area contributed by atoms with Gasteiger partial charge in [0.05, 0.1) is 0 Å². The van der Waals surface area contributed by atoms with Gasteiger partial charge in [-0.05, 0) is 48.6 Å². The number of hydrogen-bond acceptors (Lipinski definition) is 2. The molecule has 4 heteroatoms. The van der Waals surface area contributed by atoms with Crippen LogP contribution in [0.4, 0.5) is 0 Å². The van der Waals surface area contributed by atoms with Gasteiger partial charge < -0.3 is 4.90 Å². The van der Waals surface area contributed by atoms with Crippen molar-refractivity contribution in [3.8, 4) is 0 Å². The van der Waals surface area contributed by atoms with Gasteiger partial charge in [0.15, 0.2) is 0 Å². The van der Waals surface area contributed by atoms with Crippen molar-refractivity contribution in [2.75, 3.05) is 7.05 Å². The smallest absolute Gasteiger partial charge is 0.223 e. The van der Waals surface area contributed by atoms with Crippen LogP contribution in [-0.4, -0.2) is 28.9 Å². The second-order valence-corrected chi connectivity index (χ2v) is 6.51. The number of carbonyl (C=O) groups is 1. The van der Waals surface area contributed by atoms with Gasteiger partial charge in [0.1, 0.15) is 0 Å². The lowest BCUT2D eigenvalue weighted by atomic mass is 9.98. The van der Waals surface area contributed by atoms with E-state index in [1.165, 1.54) is 5.56 Å². The standard InChI is InChI=1S/C19H23ClN2O/c1-14(17-5-4-10-21-13-17)11-19(23)22(3)15(2)12-16-6-8-18(20)9-7-16/h4-10,13-15H,11-12H2,1-3H3. The molecule has 1 heterocycles. The Morgan fingerprint density at radius 3 is 2.52 bits per heavy atom. The summed E-state index contributed by atoms with van der Waals surface area (Å²) in [6.07, 6.45) is 4.89. The first-order chi connectivity index (χ1) is 11.0. The van der Waals surface area contributed by atoms with Gasteiger partial charge in [-0.3, -0.25) is 9.78 Å². The minimum Gasteiger partial charge on any atom is -0.343 e. The van der Waals surface area contributed by atoms with Crippen LogP contribution in [0.3, 0.4) is 0 Å². The second-order valence-electron chi connectivity index (χ2n) is 6.08. The van der Waals surface area contributed by atoms with E-state index in [9.17, 15) is 4.79 Å². The predicted octanol–water partition coefficient (Wildman–Crippen LogP) is 4.32. The Hall–Kier alpha value is -1.87. The second kappa shape index (κ2) is 8.11. The number of nitrogens with zero attached hydrogens (tertiary/aromatic N) is 2. The van der Waals surface area contributed by atoms with Crippen LogP contribution in [0.1, 0.15) is 37.3 Å². The van der Waals surface area contributed by atoms with Crippen molar-refractivity contribution in [1.29, 1.82) is 0 Å². The highest BCUT2D eigenvalue weighted by Gasteiger charge is 2.19. The third kappa shape index (κ3) is 5.07. The van der Waals surface area contributed by atoms with E-state index in [4.69, 9.17) is 11.6 Å². The summed E-state index contributed by atoms with van der Waals surface area (Å²) in [5.41, 5.74) is 2.28. The largest absolute Gasteiger partial charge is 0.343 e. The number of likely N-dealkylation sites (N-methyl/N-ethyl adjacent to an activating group) is 1. The summed E-state index contributed by atoms with van der Waals surface area (Å²) in [7, 11) is 1.87. The van der Waals surface area contributed by atoms with E-state index in [2.05, 4.69) is 18.8 Å². The lowest BCUT2D eigenvalue weighted by Crippen LogP contribution is -2.37. The normalized spacial score (nSPS) is 13.4. The minimum atomic E-state index is 0.143. The van der Waals surface area contributed by atoms with Crippen molar-refractivity contribution in [1.82, 2.24) is 9.88 Å². The summed E-state index contributed by atoms with van der Waals surface area (Å²) in [4.78, 5) is 18.5. The molecule has 0 N–H and O–H groups in total. The molecule has 0 aliphatic rings. The van der Waals surface area contributed by atoms with Gasteiger partial charge in [-0.1, -0.05) is 36.7 Å². The number of amides is 1. The molecular formula is C19H23ClN2O. The van der Waals surface area contributed by atoms with Crippen molar-refractivity contribution in [3.05, 3.63) is 64.9 Å². The van der Waals surface area contributed by atoms with Crippen molar-refractivity contribution >= 4 is 17.5 Å². The van der Waals surface area contributed by atoms with Crippen LogP contribution in [0, 0.1) is 0 Å². The Balaban J connectivity index is 1.92. The molecule has 2 aromatic rings. The van der Waals surface area contributed by atoms with Crippen LogP contribution in [0.15, 0.2) is 48.8 Å². The van der Waals surface area contributed by atoms with Crippen molar-refractivity contribution in [2.45, 2.75) is 38.6 Å². The molecular weight excluding hydrogens is 308 g/mol. The fourth-order valence-corrected chi connectivity index (χ4v) is 2.66. The van der Waals surface area contributed by atoms with Crippen LogP contribution < -0.4 is 0 Å². The highest BCUT2D eigenvalue weighted by Crippen LogP contribution is 2.20. The number of rotatable bonds is 6.